The van der Waals surface area contributed by atoms with Crippen molar-refractivity contribution in [2.75, 3.05) is 20.1 Å². The van der Waals surface area contributed by atoms with Crippen LogP contribution in [0.25, 0.3) is 0 Å². The van der Waals surface area contributed by atoms with Crippen molar-refractivity contribution in [3.63, 3.8) is 0 Å². The van der Waals surface area contributed by atoms with Gasteiger partial charge in [-0.2, -0.15) is 0 Å². The first-order valence-corrected chi connectivity index (χ1v) is 5.64. The molecule has 92 valence electrons. The lowest BCUT2D eigenvalue weighted by molar-refractivity contribution is 0.131. The van der Waals surface area contributed by atoms with E-state index in [9.17, 15) is 0 Å². The lowest BCUT2D eigenvalue weighted by Gasteiger charge is -2.41. The first-order chi connectivity index (χ1) is 7.26. The van der Waals surface area contributed by atoms with Gasteiger partial charge in [-0.25, -0.2) is 0 Å². The summed E-state index contributed by atoms with van der Waals surface area (Å²) in [5, 5.41) is 6.41. The average Bonchev–Trinajstić information content (AvgIpc) is 2.21. The van der Waals surface area contributed by atoms with E-state index in [1.165, 1.54) is 25.7 Å². The van der Waals surface area contributed by atoms with Crippen molar-refractivity contribution >= 4 is 29.9 Å². The van der Waals surface area contributed by atoms with E-state index in [4.69, 9.17) is 6.42 Å². The number of hydrogen-bond donors (Lipinski definition) is 2. The van der Waals surface area contributed by atoms with E-state index in [0.29, 0.717) is 12.0 Å². The largest absolute Gasteiger partial charge is 0.356 e. The Kier molecular flexibility index (Phi) is 7.56. The van der Waals surface area contributed by atoms with Crippen LogP contribution in [0.4, 0.5) is 0 Å². The number of hydrogen-bond acceptors (Lipinski definition) is 1. The number of nitrogens with one attached hydrogen (secondary N) is 2. The molecule has 0 aromatic carbocycles. The second kappa shape index (κ2) is 7.77. The number of nitrogens with zero attached hydrogens (tertiary/aromatic N) is 1. The number of aliphatic imine (C=N–C) groups is 1. The third-order valence-electron chi connectivity index (χ3n) is 3.38. The van der Waals surface area contributed by atoms with Gasteiger partial charge in [-0.3, -0.25) is 4.99 Å². The Balaban J connectivity index is 0.00000225. The molecule has 3 nitrogen and oxygen atoms in total. The molecule has 0 saturated heterocycles. The van der Waals surface area contributed by atoms with Crippen molar-refractivity contribution in [2.24, 2.45) is 10.4 Å². The lowest BCUT2D eigenvalue weighted by atomic mass is 9.67. The van der Waals surface area contributed by atoms with Gasteiger partial charge < -0.3 is 10.6 Å². The third kappa shape index (κ3) is 4.20. The Hall–Kier alpha value is -0.440. The van der Waals surface area contributed by atoms with Gasteiger partial charge in [-0.15, -0.1) is 30.4 Å². The molecule has 0 aromatic rings. The summed E-state index contributed by atoms with van der Waals surface area (Å²) in [5.41, 5.74) is 0.508. The normalized spacial score (nSPS) is 17.7. The Morgan fingerprint density at radius 2 is 2.12 bits per heavy atom. The fraction of sp³-hybridized carbons (Fsp3) is 0.750. The number of terminal acetylenes is 1. The average molecular weight is 335 g/mol. The predicted molar refractivity (Wildman–Crippen MR) is 80.2 cm³/mol. The number of guanidine groups is 1. The summed E-state index contributed by atoms with van der Waals surface area (Å²) in [6, 6.07) is 0. The maximum absolute atomic E-state index is 5.18. The standard InChI is InChI=1S/C12H21N3.HI/c1-4-9-14-11(13-3)15-10-12(5-2)7-6-8-12;/h1H,5-10H2,2-3H3,(H2,13,14,15);1H. The van der Waals surface area contributed by atoms with Gasteiger partial charge >= 0.3 is 0 Å². The minimum absolute atomic E-state index is 0. The second-order valence-corrected chi connectivity index (χ2v) is 4.19. The summed E-state index contributed by atoms with van der Waals surface area (Å²) in [6.45, 7) is 3.80. The van der Waals surface area contributed by atoms with Crippen LogP contribution in [0.5, 0.6) is 0 Å². The summed E-state index contributed by atoms with van der Waals surface area (Å²) in [5.74, 6) is 3.35. The quantitative estimate of drug-likeness (QED) is 0.357. The SMILES string of the molecule is C#CCNC(=NC)NCC1(CC)CCC1.I. The molecule has 0 unspecified atom stereocenters. The minimum Gasteiger partial charge on any atom is -0.356 e. The summed E-state index contributed by atoms with van der Waals surface area (Å²) in [4.78, 5) is 4.12. The Morgan fingerprint density at radius 1 is 1.44 bits per heavy atom. The van der Waals surface area contributed by atoms with Gasteiger partial charge in [0.15, 0.2) is 5.96 Å². The van der Waals surface area contributed by atoms with E-state index >= 15 is 0 Å². The molecule has 0 amide bonds. The van der Waals surface area contributed by atoms with Gasteiger partial charge in [-0.05, 0) is 24.7 Å². The Bertz CT molecular complexity index is 258. The van der Waals surface area contributed by atoms with Crippen molar-refractivity contribution in [2.45, 2.75) is 32.6 Å². The van der Waals surface area contributed by atoms with Crippen LogP contribution < -0.4 is 10.6 Å². The van der Waals surface area contributed by atoms with Gasteiger partial charge in [0.05, 0.1) is 6.54 Å². The van der Waals surface area contributed by atoms with Gasteiger partial charge in [0.25, 0.3) is 0 Å². The van der Waals surface area contributed by atoms with Crippen LogP contribution >= 0.6 is 24.0 Å². The van der Waals surface area contributed by atoms with Crippen LogP contribution in [0.15, 0.2) is 4.99 Å². The van der Waals surface area contributed by atoms with Crippen LogP contribution in [0, 0.1) is 17.8 Å². The second-order valence-electron chi connectivity index (χ2n) is 4.19. The van der Waals surface area contributed by atoms with E-state index in [2.05, 4.69) is 28.5 Å². The minimum atomic E-state index is 0. The Morgan fingerprint density at radius 3 is 2.50 bits per heavy atom. The summed E-state index contributed by atoms with van der Waals surface area (Å²) < 4.78 is 0. The summed E-state index contributed by atoms with van der Waals surface area (Å²) in [7, 11) is 1.77. The number of halogens is 1. The highest BCUT2D eigenvalue weighted by Gasteiger charge is 2.34. The fourth-order valence-corrected chi connectivity index (χ4v) is 1.96. The molecule has 1 aliphatic rings. The highest BCUT2D eigenvalue weighted by Crippen LogP contribution is 2.42. The molecular formula is C12H22IN3. The van der Waals surface area contributed by atoms with Crippen LogP contribution in [-0.2, 0) is 0 Å². The van der Waals surface area contributed by atoms with Crippen molar-refractivity contribution < 1.29 is 0 Å². The lowest BCUT2D eigenvalue weighted by Crippen LogP contribution is -2.46. The van der Waals surface area contributed by atoms with E-state index in [-0.39, 0.29) is 24.0 Å². The molecule has 0 aliphatic heterocycles. The maximum Gasteiger partial charge on any atom is 0.191 e. The van der Waals surface area contributed by atoms with Gasteiger partial charge in [0.2, 0.25) is 0 Å². The van der Waals surface area contributed by atoms with E-state index < -0.39 is 0 Å². The van der Waals surface area contributed by atoms with Crippen LogP contribution in [0.2, 0.25) is 0 Å². The molecule has 1 saturated carbocycles. The van der Waals surface area contributed by atoms with Crippen molar-refractivity contribution in [1.29, 1.82) is 0 Å². The molecule has 1 rings (SSSR count). The molecule has 1 aliphatic carbocycles. The molecule has 0 heterocycles. The highest BCUT2D eigenvalue weighted by atomic mass is 127. The molecule has 0 atom stereocenters. The van der Waals surface area contributed by atoms with E-state index in [1.54, 1.807) is 7.05 Å². The molecule has 2 N–H and O–H groups in total. The molecule has 0 bridgehead atoms. The fourth-order valence-electron chi connectivity index (χ4n) is 1.96. The van der Waals surface area contributed by atoms with E-state index in [0.717, 1.165) is 12.5 Å². The van der Waals surface area contributed by atoms with Crippen LogP contribution in [0.3, 0.4) is 0 Å². The maximum atomic E-state index is 5.18. The zero-order chi connectivity index (χ0) is 11.1. The molecule has 0 aromatic heterocycles. The highest BCUT2D eigenvalue weighted by molar-refractivity contribution is 14.0. The third-order valence-corrected chi connectivity index (χ3v) is 3.38. The smallest absolute Gasteiger partial charge is 0.191 e. The first kappa shape index (κ1) is 15.6. The molecule has 0 radical (unpaired) electrons. The predicted octanol–water partition coefficient (Wildman–Crippen LogP) is 1.98. The topological polar surface area (TPSA) is 36.4 Å². The molecule has 16 heavy (non-hydrogen) atoms. The zero-order valence-corrected chi connectivity index (χ0v) is 12.5. The monoisotopic (exact) mass is 335 g/mol. The van der Waals surface area contributed by atoms with E-state index in [1.807, 2.05) is 0 Å². The Labute approximate surface area is 116 Å². The zero-order valence-electron chi connectivity index (χ0n) is 10.2. The van der Waals surface area contributed by atoms with Gasteiger partial charge in [0, 0.05) is 13.6 Å². The van der Waals surface area contributed by atoms with Gasteiger partial charge in [-0.1, -0.05) is 19.3 Å². The summed E-state index contributed by atoms with van der Waals surface area (Å²) in [6.07, 6.45) is 10.5. The molecule has 4 heteroatoms. The number of rotatable bonds is 4. The summed E-state index contributed by atoms with van der Waals surface area (Å²) >= 11 is 0. The van der Waals surface area contributed by atoms with Crippen molar-refractivity contribution in [3.05, 3.63) is 0 Å². The molecular weight excluding hydrogens is 313 g/mol. The molecule has 0 spiro atoms. The molecule has 1 fully saturated rings. The van der Waals surface area contributed by atoms with Crippen LogP contribution in [0.1, 0.15) is 32.6 Å². The van der Waals surface area contributed by atoms with Crippen molar-refractivity contribution in [1.82, 2.24) is 10.6 Å². The first-order valence-electron chi connectivity index (χ1n) is 5.64. The van der Waals surface area contributed by atoms with Gasteiger partial charge in [0.1, 0.15) is 0 Å². The van der Waals surface area contributed by atoms with Crippen molar-refractivity contribution in [3.8, 4) is 12.3 Å². The van der Waals surface area contributed by atoms with Crippen LogP contribution in [-0.4, -0.2) is 26.1 Å².